The lowest BCUT2D eigenvalue weighted by Crippen LogP contribution is -2.26. The molecule has 148 valence electrons. The molecule has 0 aliphatic heterocycles. The van der Waals surface area contributed by atoms with Gasteiger partial charge in [0.1, 0.15) is 5.75 Å². The number of benzene rings is 1. The largest absolute Gasteiger partial charge is 0.508 e. The Hall–Kier alpha value is -2.51. The zero-order valence-corrected chi connectivity index (χ0v) is 16.0. The van der Waals surface area contributed by atoms with Gasteiger partial charge in [0, 0.05) is 11.4 Å². The second kappa shape index (κ2) is 7.62. The summed E-state index contributed by atoms with van der Waals surface area (Å²) in [6, 6.07) is 4.27. The van der Waals surface area contributed by atoms with Gasteiger partial charge < -0.3 is 10.4 Å². The quantitative estimate of drug-likeness (QED) is 0.740. The Labute approximate surface area is 156 Å². The second-order valence-corrected chi connectivity index (χ2v) is 7.12. The Kier molecular flexibility index (Phi) is 5.87. The number of halogens is 3. The number of amides is 1. The first-order valence-electron chi connectivity index (χ1n) is 8.66. The summed E-state index contributed by atoms with van der Waals surface area (Å²) in [5, 5.41) is 16.4. The topological polar surface area (TPSA) is 67.2 Å². The predicted molar refractivity (Wildman–Crippen MR) is 96.7 cm³/mol. The molecule has 0 saturated carbocycles. The summed E-state index contributed by atoms with van der Waals surface area (Å²) in [6.07, 6.45) is -4.52. The van der Waals surface area contributed by atoms with Crippen molar-refractivity contribution in [1.82, 2.24) is 9.78 Å². The van der Waals surface area contributed by atoms with Crippen LogP contribution in [-0.4, -0.2) is 20.8 Å². The van der Waals surface area contributed by atoms with Gasteiger partial charge in [-0.2, -0.15) is 18.3 Å². The molecule has 1 amide bonds. The molecule has 5 nitrogen and oxygen atoms in total. The van der Waals surface area contributed by atoms with E-state index in [0.29, 0.717) is 22.5 Å². The molecule has 0 aliphatic carbocycles. The monoisotopic (exact) mass is 383 g/mol. The highest BCUT2D eigenvalue weighted by atomic mass is 19.4. The minimum absolute atomic E-state index is 0.0297. The van der Waals surface area contributed by atoms with Crippen LogP contribution < -0.4 is 5.32 Å². The molecular formula is C19H24F3N3O2. The maximum absolute atomic E-state index is 12.8. The summed E-state index contributed by atoms with van der Waals surface area (Å²) in [4.78, 5) is 12.5. The van der Waals surface area contributed by atoms with Crippen molar-refractivity contribution in [2.75, 3.05) is 5.32 Å². The molecule has 1 aromatic carbocycles. The molecule has 2 N–H and O–H groups in total. The fraction of sp³-hybridized carbons (Fsp3) is 0.474. The maximum atomic E-state index is 12.8. The maximum Gasteiger partial charge on any atom is 0.435 e. The minimum atomic E-state index is -4.52. The number of anilines is 1. The van der Waals surface area contributed by atoms with E-state index in [1.165, 1.54) is 11.6 Å². The first-order chi connectivity index (χ1) is 12.4. The fourth-order valence-electron chi connectivity index (χ4n) is 2.74. The van der Waals surface area contributed by atoms with E-state index in [0.717, 1.165) is 6.07 Å². The molecule has 1 atom stereocenters. The van der Waals surface area contributed by atoms with Crippen LogP contribution in [-0.2, 0) is 17.5 Å². The normalized spacial score (nSPS) is 13.1. The van der Waals surface area contributed by atoms with Gasteiger partial charge in [0.05, 0.1) is 12.5 Å². The van der Waals surface area contributed by atoms with E-state index in [1.54, 1.807) is 26.0 Å². The van der Waals surface area contributed by atoms with E-state index in [2.05, 4.69) is 10.4 Å². The Bertz CT molecular complexity index is 841. The average Bonchev–Trinajstić information content (AvgIpc) is 2.90. The minimum Gasteiger partial charge on any atom is -0.508 e. The van der Waals surface area contributed by atoms with E-state index in [1.807, 2.05) is 13.8 Å². The van der Waals surface area contributed by atoms with Crippen LogP contribution in [0.15, 0.2) is 18.2 Å². The predicted octanol–water partition coefficient (Wildman–Crippen LogP) is 4.62. The summed E-state index contributed by atoms with van der Waals surface area (Å²) in [7, 11) is 0. The molecule has 0 spiro atoms. The lowest BCUT2D eigenvalue weighted by atomic mass is 9.99. The van der Waals surface area contributed by atoms with Crippen molar-refractivity contribution in [2.45, 2.75) is 53.3 Å². The van der Waals surface area contributed by atoms with E-state index >= 15 is 0 Å². The molecule has 0 fully saturated rings. The highest BCUT2D eigenvalue weighted by Crippen LogP contribution is 2.32. The number of nitrogens with one attached hydrogen (secondary N) is 1. The first-order valence-corrected chi connectivity index (χ1v) is 8.66. The van der Waals surface area contributed by atoms with Gasteiger partial charge in [0.25, 0.3) is 0 Å². The van der Waals surface area contributed by atoms with Crippen molar-refractivity contribution >= 4 is 11.6 Å². The van der Waals surface area contributed by atoms with Crippen molar-refractivity contribution < 1.29 is 23.1 Å². The Balaban J connectivity index is 2.15. The van der Waals surface area contributed by atoms with E-state index < -0.39 is 17.8 Å². The Morgan fingerprint density at radius 3 is 2.37 bits per heavy atom. The van der Waals surface area contributed by atoms with Crippen molar-refractivity contribution in [3.8, 4) is 5.75 Å². The van der Waals surface area contributed by atoms with Gasteiger partial charge >= 0.3 is 6.18 Å². The van der Waals surface area contributed by atoms with Gasteiger partial charge in [0.2, 0.25) is 5.91 Å². The van der Waals surface area contributed by atoms with Crippen LogP contribution in [0.3, 0.4) is 0 Å². The third kappa shape index (κ3) is 4.81. The smallest absolute Gasteiger partial charge is 0.435 e. The molecular weight excluding hydrogens is 359 g/mol. The van der Waals surface area contributed by atoms with Crippen molar-refractivity contribution in [3.05, 3.63) is 40.7 Å². The number of carbonyl (C=O) groups is 1. The fourth-order valence-corrected chi connectivity index (χ4v) is 2.74. The standard InChI is InChI=1S/C19H24F3N3O2/c1-10(2)14-8-15(11(3)6-16(14)26)23-18(27)12(4)9-25-13(5)7-17(24-25)19(20,21)22/h6-8,10,12,26H,9H2,1-5H3,(H,23,27). The third-order valence-corrected chi connectivity index (χ3v) is 4.42. The molecule has 2 aromatic rings. The van der Waals surface area contributed by atoms with Crippen LogP contribution in [0.2, 0.25) is 0 Å². The average molecular weight is 383 g/mol. The van der Waals surface area contributed by atoms with Crippen LogP contribution in [0.25, 0.3) is 0 Å². The Morgan fingerprint density at radius 2 is 1.85 bits per heavy atom. The number of hydrogen-bond donors (Lipinski definition) is 2. The zero-order valence-electron chi connectivity index (χ0n) is 16.0. The summed E-state index contributed by atoms with van der Waals surface area (Å²) in [6.45, 7) is 8.79. The zero-order chi connectivity index (χ0) is 20.5. The highest BCUT2D eigenvalue weighted by molar-refractivity contribution is 5.93. The van der Waals surface area contributed by atoms with Crippen LogP contribution in [0.4, 0.5) is 18.9 Å². The number of phenols is 1. The van der Waals surface area contributed by atoms with Gasteiger partial charge in [-0.15, -0.1) is 0 Å². The summed E-state index contributed by atoms with van der Waals surface area (Å²) < 4.78 is 39.5. The van der Waals surface area contributed by atoms with E-state index in [-0.39, 0.29) is 24.1 Å². The van der Waals surface area contributed by atoms with Gasteiger partial charge in [-0.05, 0) is 49.1 Å². The number of aryl methyl sites for hydroxylation is 2. The lowest BCUT2D eigenvalue weighted by Gasteiger charge is -2.17. The van der Waals surface area contributed by atoms with Crippen LogP contribution in [0.5, 0.6) is 5.75 Å². The molecule has 1 aromatic heterocycles. The van der Waals surface area contributed by atoms with Crippen LogP contribution in [0.1, 0.15) is 49.2 Å². The summed E-state index contributed by atoms with van der Waals surface area (Å²) in [5.41, 5.74) is 1.35. The SMILES string of the molecule is Cc1cc(O)c(C(C)C)cc1NC(=O)C(C)Cn1nc(C(F)(F)F)cc1C. The molecule has 0 bridgehead atoms. The van der Waals surface area contributed by atoms with Gasteiger partial charge in [-0.3, -0.25) is 9.48 Å². The number of alkyl halides is 3. The molecule has 1 unspecified atom stereocenters. The van der Waals surface area contributed by atoms with E-state index in [9.17, 15) is 23.1 Å². The number of aromatic nitrogens is 2. The number of carbonyl (C=O) groups excluding carboxylic acids is 1. The molecule has 2 rings (SSSR count). The van der Waals surface area contributed by atoms with Crippen LogP contribution in [0, 0.1) is 19.8 Å². The van der Waals surface area contributed by atoms with Gasteiger partial charge in [0.15, 0.2) is 5.69 Å². The molecule has 8 heteroatoms. The summed E-state index contributed by atoms with van der Waals surface area (Å²) in [5.74, 6) is -0.686. The number of phenolic OH excluding ortho intramolecular Hbond substituents is 1. The highest BCUT2D eigenvalue weighted by Gasteiger charge is 2.34. The summed E-state index contributed by atoms with van der Waals surface area (Å²) >= 11 is 0. The number of hydrogen-bond acceptors (Lipinski definition) is 3. The molecule has 1 heterocycles. The van der Waals surface area contributed by atoms with Crippen LogP contribution >= 0.6 is 0 Å². The third-order valence-electron chi connectivity index (χ3n) is 4.42. The van der Waals surface area contributed by atoms with Gasteiger partial charge in [-0.1, -0.05) is 20.8 Å². The van der Waals surface area contributed by atoms with E-state index in [4.69, 9.17) is 0 Å². The van der Waals surface area contributed by atoms with Crippen molar-refractivity contribution in [1.29, 1.82) is 0 Å². The molecule has 27 heavy (non-hydrogen) atoms. The lowest BCUT2D eigenvalue weighted by molar-refractivity contribution is -0.141. The number of rotatable bonds is 5. The van der Waals surface area contributed by atoms with Gasteiger partial charge in [-0.25, -0.2) is 0 Å². The molecule has 0 saturated heterocycles. The Morgan fingerprint density at radius 1 is 1.22 bits per heavy atom. The number of nitrogens with zero attached hydrogens (tertiary/aromatic N) is 2. The molecule has 0 radical (unpaired) electrons. The number of aromatic hydroxyl groups is 1. The molecule has 0 aliphatic rings. The van der Waals surface area contributed by atoms with Crippen molar-refractivity contribution in [2.24, 2.45) is 5.92 Å². The van der Waals surface area contributed by atoms with Crippen molar-refractivity contribution in [3.63, 3.8) is 0 Å². The second-order valence-electron chi connectivity index (χ2n) is 7.12. The first kappa shape index (κ1) is 20.8.